The van der Waals surface area contributed by atoms with Gasteiger partial charge in [0.1, 0.15) is 5.82 Å². The van der Waals surface area contributed by atoms with Crippen molar-refractivity contribution < 1.29 is 4.39 Å². The Kier molecular flexibility index (Phi) is 4.11. The molecule has 0 spiro atoms. The topological polar surface area (TPSA) is 32.5 Å². The van der Waals surface area contributed by atoms with Gasteiger partial charge in [0.2, 0.25) is 0 Å². The summed E-state index contributed by atoms with van der Waals surface area (Å²) in [5, 5.41) is 0. The summed E-state index contributed by atoms with van der Waals surface area (Å²) in [4.78, 5) is 4.67. The lowest BCUT2D eigenvalue weighted by Gasteiger charge is -2.51. The average Bonchev–Trinajstić information content (AvgIpc) is 2.32. The van der Waals surface area contributed by atoms with Crippen molar-refractivity contribution in [2.75, 3.05) is 31.6 Å². The summed E-state index contributed by atoms with van der Waals surface area (Å²) in [5.74, 6) is -0.178. The quantitative estimate of drug-likeness (QED) is 0.908. The first-order valence-electron chi connectivity index (χ1n) is 6.87. The van der Waals surface area contributed by atoms with Gasteiger partial charge in [-0.1, -0.05) is 6.07 Å². The number of anilines is 1. The summed E-state index contributed by atoms with van der Waals surface area (Å²) < 4.78 is 13.4. The fraction of sp³-hybridized carbons (Fsp3) is 0.600. The molecular weight excluding hydrogens is 241 g/mol. The smallest absolute Gasteiger partial charge is 0.125 e. The summed E-state index contributed by atoms with van der Waals surface area (Å²) in [5.41, 5.74) is 6.64. The van der Waals surface area contributed by atoms with Crippen LogP contribution in [0.5, 0.6) is 0 Å². The zero-order valence-corrected chi connectivity index (χ0v) is 12.1. The van der Waals surface area contributed by atoms with E-state index in [-0.39, 0.29) is 11.4 Å². The average molecular weight is 265 g/mol. The first-order valence-corrected chi connectivity index (χ1v) is 6.87. The molecule has 2 rings (SSSR count). The van der Waals surface area contributed by atoms with Crippen molar-refractivity contribution in [2.24, 2.45) is 5.73 Å². The summed E-state index contributed by atoms with van der Waals surface area (Å²) in [6.45, 7) is 6.94. The normalized spacial score (nSPS) is 23.6. The van der Waals surface area contributed by atoms with Gasteiger partial charge in [0.25, 0.3) is 0 Å². The van der Waals surface area contributed by atoms with E-state index >= 15 is 0 Å². The number of hydrogen-bond donors (Lipinski definition) is 1. The van der Waals surface area contributed by atoms with Gasteiger partial charge in [-0.15, -0.1) is 0 Å². The van der Waals surface area contributed by atoms with Crippen molar-refractivity contribution in [2.45, 2.75) is 31.8 Å². The molecule has 0 aromatic heterocycles. The van der Waals surface area contributed by atoms with Crippen LogP contribution in [0.1, 0.15) is 20.3 Å². The van der Waals surface area contributed by atoms with Crippen LogP contribution in [0.4, 0.5) is 10.1 Å². The number of likely N-dealkylation sites (N-methyl/N-ethyl adjacent to an activating group) is 1. The number of benzene rings is 1. The van der Waals surface area contributed by atoms with Crippen LogP contribution >= 0.6 is 0 Å². The highest BCUT2D eigenvalue weighted by Crippen LogP contribution is 2.30. The fourth-order valence-corrected chi connectivity index (χ4v) is 3.03. The van der Waals surface area contributed by atoms with Gasteiger partial charge in [-0.05, 0) is 52.1 Å². The molecule has 0 saturated carbocycles. The Morgan fingerprint density at radius 3 is 2.79 bits per heavy atom. The van der Waals surface area contributed by atoms with Crippen LogP contribution < -0.4 is 10.6 Å². The molecule has 0 amide bonds. The minimum Gasteiger partial charge on any atom is -0.363 e. The molecular formula is C15H24FN3. The van der Waals surface area contributed by atoms with Crippen molar-refractivity contribution in [3.8, 4) is 0 Å². The maximum Gasteiger partial charge on any atom is 0.125 e. The SMILES string of the molecule is CN1CC(C)(C)N(c2cccc(F)c2)CC1CCN. The summed E-state index contributed by atoms with van der Waals surface area (Å²) in [6.07, 6.45) is 0.971. The molecule has 0 aliphatic carbocycles. The summed E-state index contributed by atoms with van der Waals surface area (Å²) >= 11 is 0. The zero-order chi connectivity index (χ0) is 14.0. The van der Waals surface area contributed by atoms with Crippen LogP contribution in [0.3, 0.4) is 0 Å². The molecule has 0 radical (unpaired) electrons. The Hall–Kier alpha value is -1.13. The number of piperazine rings is 1. The van der Waals surface area contributed by atoms with Gasteiger partial charge < -0.3 is 10.6 Å². The maximum absolute atomic E-state index is 13.4. The molecule has 1 heterocycles. The second kappa shape index (κ2) is 5.47. The lowest BCUT2D eigenvalue weighted by atomic mass is 9.94. The molecule has 4 heteroatoms. The van der Waals surface area contributed by atoms with Crippen molar-refractivity contribution in [1.29, 1.82) is 0 Å². The van der Waals surface area contributed by atoms with Crippen LogP contribution in [-0.2, 0) is 0 Å². The second-order valence-electron chi connectivity index (χ2n) is 6.05. The van der Waals surface area contributed by atoms with E-state index in [2.05, 4.69) is 30.7 Å². The lowest BCUT2D eigenvalue weighted by Crippen LogP contribution is -2.62. The Bertz CT molecular complexity index is 433. The molecule has 2 N–H and O–H groups in total. The monoisotopic (exact) mass is 265 g/mol. The van der Waals surface area contributed by atoms with E-state index in [4.69, 9.17) is 5.73 Å². The molecule has 19 heavy (non-hydrogen) atoms. The van der Waals surface area contributed by atoms with Crippen molar-refractivity contribution in [1.82, 2.24) is 4.90 Å². The largest absolute Gasteiger partial charge is 0.363 e. The van der Waals surface area contributed by atoms with Gasteiger partial charge in [0.05, 0.1) is 0 Å². The Morgan fingerprint density at radius 2 is 2.16 bits per heavy atom. The third kappa shape index (κ3) is 3.07. The number of nitrogens with two attached hydrogens (primary N) is 1. The van der Waals surface area contributed by atoms with E-state index < -0.39 is 0 Å². The van der Waals surface area contributed by atoms with Gasteiger partial charge in [-0.3, -0.25) is 4.90 Å². The van der Waals surface area contributed by atoms with Gasteiger partial charge >= 0.3 is 0 Å². The van der Waals surface area contributed by atoms with Crippen LogP contribution in [0.15, 0.2) is 24.3 Å². The number of rotatable bonds is 3. The molecule has 0 bridgehead atoms. The first kappa shape index (κ1) is 14.3. The van der Waals surface area contributed by atoms with Crippen LogP contribution in [-0.4, -0.2) is 43.2 Å². The van der Waals surface area contributed by atoms with Gasteiger partial charge in [-0.2, -0.15) is 0 Å². The molecule has 1 saturated heterocycles. The predicted octanol–water partition coefficient (Wildman–Crippen LogP) is 2.07. The Labute approximate surface area is 115 Å². The number of nitrogens with zero attached hydrogens (tertiary/aromatic N) is 2. The molecule has 1 unspecified atom stereocenters. The number of hydrogen-bond acceptors (Lipinski definition) is 3. The third-order valence-electron chi connectivity index (χ3n) is 4.00. The third-order valence-corrected chi connectivity index (χ3v) is 4.00. The molecule has 106 valence electrons. The molecule has 1 atom stereocenters. The highest BCUT2D eigenvalue weighted by molar-refractivity contribution is 5.50. The van der Waals surface area contributed by atoms with E-state index in [1.54, 1.807) is 12.1 Å². The fourth-order valence-electron chi connectivity index (χ4n) is 3.03. The predicted molar refractivity (Wildman–Crippen MR) is 77.9 cm³/mol. The number of halogens is 1. The van der Waals surface area contributed by atoms with E-state index in [1.165, 1.54) is 6.07 Å². The minimum absolute atomic E-state index is 0.00631. The molecule has 1 aliphatic heterocycles. The lowest BCUT2D eigenvalue weighted by molar-refractivity contribution is 0.146. The highest BCUT2D eigenvalue weighted by Gasteiger charge is 2.37. The molecule has 1 fully saturated rings. The van der Waals surface area contributed by atoms with Gasteiger partial charge in [0, 0.05) is 30.4 Å². The van der Waals surface area contributed by atoms with Gasteiger partial charge in [-0.25, -0.2) is 4.39 Å². The zero-order valence-electron chi connectivity index (χ0n) is 12.1. The Morgan fingerprint density at radius 1 is 1.42 bits per heavy atom. The summed E-state index contributed by atoms with van der Waals surface area (Å²) in [6, 6.07) is 7.30. The van der Waals surface area contributed by atoms with Crippen LogP contribution in [0.25, 0.3) is 0 Å². The van der Waals surface area contributed by atoms with E-state index in [9.17, 15) is 4.39 Å². The van der Waals surface area contributed by atoms with Crippen molar-refractivity contribution in [3.63, 3.8) is 0 Å². The maximum atomic E-state index is 13.4. The molecule has 1 aromatic rings. The molecule has 1 aliphatic rings. The second-order valence-corrected chi connectivity index (χ2v) is 6.05. The Balaban J connectivity index is 2.26. The van der Waals surface area contributed by atoms with Crippen LogP contribution in [0.2, 0.25) is 0 Å². The molecule has 1 aromatic carbocycles. The van der Waals surface area contributed by atoms with E-state index in [0.717, 1.165) is 25.2 Å². The van der Waals surface area contributed by atoms with Crippen molar-refractivity contribution >= 4 is 5.69 Å². The molecule has 3 nitrogen and oxygen atoms in total. The van der Waals surface area contributed by atoms with Crippen LogP contribution in [0, 0.1) is 5.82 Å². The van der Waals surface area contributed by atoms with E-state index in [1.807, 2.05) is 6.07 Å². The minimum atomic E-state index is -0.178. The standard InChI is InChI=1S/C15H24FN3/c1-15(2)11-18(3)14(7-8-17)10-19(15)13-6-4-5-12(16)9-13/h4-6,9,14H,7-8,10-11,17H2,1-3H3. The van der Waals surface area contributed by atoms with Crippen molar-refractivity contribution in [3.05, 3.63) is 30.1 Å². The highest BCUT2D eigenvalue weighted by atomic mass is 19.1. The van der Waals surface area contributed by atoms with Gasteiger partial charge in [0.15, 0.2) is 0 Å². The van der Waals surface area contributed by atoms with E-state index in [0.29, 0.717) is 12.6 Å². The first-order chi connectivity index (χ1) is 8.94. The summed E-state index contributed by atoms with van der Waals surface area (Å²) in [7, 11) is 2.14.